The van der Waals surface area contributed by atoms with Crippen LogP contribution in [0.3, 0.4) is 0 Å². The van der Waals surface area contributed by atoms with E-state index in [4.69, 9.17) is 4.74 Å². The summed E-state index contributed by atoms with van der Waals surface area (Å²) in [5.74, 6) is -0.914. The molecule has 0 aliphatic rings. The van der Waals surface area contributed by atoms with Crippen molar-refractivity contribution in [1.29, 1.82) is 0 Å². The Morgan fingerprint density at radius 3 is 2.40 bits per heavy atom. The van der Waals surface area contributed by atoms with Gasteiger partial charge in [-0.05, 0) is 35.7 Å². The fraction of sp³-hybridized carbons (Fsp3) is 0.120. The maximum absolute atomic E-state index is 11.5. The number of carboxylic acid groups (broad SMARTS) is 1. The minimum atomic E-state index is -0.898. The van der Waals surface area contributed by atoms with Gasteiger partial charge in [0.05, 0.1) is 17.8 Å². The maximum atomic E-state index is 11.5. The normalized spacial score (nSPS) is 11.8. The van der Waals surface area contributed by atoms with E-state index in [0.717, 1.165) is 22.3 Å². The highest BCUT2D eigenvalue weighted by Crippen LogP contribution is 2.37. The lowest BCUT2D eigenvalue weighted by molar-refractivity contribution is -0.138. The third-order valence-electron chi connectivity index (χ3n) is 5.10. The van der Waals surface area contributed by atoms with Crippen LogP contribution in [0.25, 0.3) is 22.4 Å². The molecule has 1 unspecified atom stereocenters. The number of ether oxygens (including phenoxy) is 1. The fourth-order valence-electron chi connectivity index (χ4n) is 3.37. The number of H-pyrrole nitrogens is 1. The van der Waals surface area contributed by atoms with Gasteiger partial charge in [0.25, 0.3) is 0 Å². The SMILES string of the molecule is CC(C(=O)O)c1cn[nH]c1-c1ccc(-c2ccccc2)cc1OCc1ccccc1. The lowest BCUT2D eigenvalue weighted by atomic mass is 9.96. The van der Waals surface area contributed by atoms with Crippen molar-refractivity contribution in [3.05, 3.63) is 96.2 Å². The molecule has 0 radical (unpaired) electrons. The van der Waals surface area contributed by atoms with Crippen molar-refractivity contribution in [2.75, 3.05) is 0 Å². The Morgan fingerprint density at radius 2 is 1.70 bits per heavy atom. The van der Waals surface area contributed by atoms with Gasteiger partial charge in [-0.3, -0.25) is 9.89 Å². The van der Waals surface area contributed by atoms with Gasteiger partial charge >= 0.3 is 5.97 Å². The minimum absolute atomic E-state index is 0.407. The van der Waals surface area contributed by atoms with Crippen LogP contribution in [0.2, 0.25) is 0 Å². The summed E-state index contributed by atoms with van der Waals surface area (Å²) in [7, 11) is 0. The Balaban J connectivity index is 1.76. The lowest BCUT2D eigenvalue weighted by Crippen LogP contribution is -2.08. The molecule has 0 bridgehead atoms. The Labute approximate surface area is 175 Å². The van der Waals surface area contributed by atoms with Crippen LogP contribution in [0, 0.1) is 0 Å². The molecule has 0 saturated carbocycles. The van der Waals surface area contributed by atoms with Crippen LogP contribution < -0.4 is 4.74 Å². The van der Waals surface area contributed by atoms with Gasteiger partial charge in [0, 0.05) is 11.1 Å². The van der Waals surface area contributed by atoms with E-state index in [1.165, 1.54) is 0 Å². The van der Waals surface area contributed by atoms with Gasteiger partial charge in [-0.25, -0.2) is 0 Å². The third kappa shape index (κ3) is 4.10. The van der Waals surface area contributed by atoms with Gasteiger partial charge in [-0.15, -0.1) is 0 Å². The van der Waals surface area contributed by atoms with Crippen LogP contribution in [-0.2, 0) is 11.4 Å². The molecular weight excluding hydrogens is 376 g/mol. The van der Waals surface area contributed by atoms with Gasteiger partial charge < -0.3 is 9.84 Å². The van der Waals surface area contributed by atoms with Gasteiger partial charge in [-0.2, -0.15) is 5.10 Å². The summed E-state index contributed by atoms with van der Waals surface area (Å²) in [6, 6.07) is 25.9. The minimum Gasteiger partial charge on any atom is -0.488 e. The zero-order valence-corrected chi connectivity index (χ0v) is 16.6. The van der Waals surface area contributed by atoms with Crippen molar-refractivity contribution < 1.29 is 14.6 Å². The number of carbonyl (C=O) groups is 1. The number of benzene rings is 3. The molecule has 1 aromatic heterocycles. The first-order valence-electron chi connectivity index (χ1n) is 9.76. The number of aliphatic carboxylic acids is 1. The number of hydrogen-bond acceptors (Lipinski definition) is 3. The van der Waals surface area contributed by atoms with Crippen molar-refractivity contribution in [2.24, 2.45) is 0 Å². The molecule has 30 heavy (non-hydrogen) atoms. The van der Waals surface area contributed by atoms with Crippen molar-refractivity contribution in [3.8, 4) is 28.1 Å². The number of hydrogen-bond donors (Lipinski definition) is 2. The molecular formula is C25H22N2O3. The largest absolute Gasteiger partial charge is 0.488 e. The van der Waals surface area contributed by atoms with Gasteiger partial charge in [-0.1, -0.05) is 66.7 Å². The summed E-state index contributed by atoms with van der Waals surface area (Å²) in [5, 5.41) is 16.5. The monoisotopic (exact) mass is 398 g/mol. The zero-order chi connectivity index (χ0) is 20.9. The molecule has 3 aromatic carbocycles. The summed E-state index contributed by atoms with van der Waals surface area (Å²) in [4.78, 5) is 11.5. The predicted octanol–water partition coefficient (Wildman–Crippen LogP) is 5.51. The number of rotatable bonds is 7. The first-order valence-corrected chi connectivity index (χ1v) is 9.76. The standard InChI is InChI=1S/C25H22N2O3/c1-17(25(28)29)22-15-26-27-24(22)21-13-12-20(19-10-6-3-7-11-19)14-23(21)30-16-18-8-4-2-5-9-18/h2-15,17H,16H2,1H3,(H,26,27)(H,28,29). The Kier molecular flexibility index (Phi) is 5.61. The van der Waals surface area contributed by atoms with Gasteiger partial charge in [0.15, 0.2) is 0 Å². The number of aromatic amines is 1. The Hall–Kier alpha value is -3.86. The summed E-state index contributed by atoms with van der Waals surface area (Å²) < 4.78 is 6.21. The number of carboxylic acids is 1. The Bertz CT molecular complexity index is 1140. The second-order valence-corrected chi connectivity index (χ2v) is 7.11. The molecule has 0 saturated heterocycles. The molecule has 4 aromatic rings. The molecule has 0 aliphatic carbocycles. The van der Waals surface area contributed by atoms with Gasteiger partial charge in [0.2, 0.25) is 0 Å². The highest BCUT2D eigenvalue weighted by atomic mass is 16.5. The summed E-state index contributed by atoms with van der Waals surface area (Å²) in [6.07, 6.45) is 1.57. The molecule has 0 spiro atoms. The first-order chi connectivity index (χ1) is 14.6. The molecule has 0 fully saturated rings. The first kappa shape index (κ1) is 19.5. The summed E-state index contributed by atoms with van der Waals surface area (Å²) in [6.45, 7) is 2.06. The molecule has 4 rings (SSSR count). The Morgan fingerprint density at radius 1 is 1.00 bits per heavy atom. The van der Waals surface area contributed by atoms with Gasteiger partial charge in [0.1, 0.15) is 12.4 Å². The zero-order valence-electron chi connectivity index (χ0n) is 16.6. The number of aromatic nitrogens is 2. The van der Waals surface area contributed by atoms with Crippen molar-refractivity contribution in [3.63, 3.8) is 0 Å². The van der Waals surface area contributed by atoms with E-state index in [9.17, 15) is 9.90 Å². The van der Waals surface area contributed by atoms with E-state index in [1.54, 1.807) is 13.1 Å². The third-order valence-corrected chi connectivity index (χ3v) is 5.10. The van der Waals surface area contributed by atoms with Crippen LogP contribution in [0.15, 0.2) is 85.1 Å². The summed E-state index contributed by atoms with van der Waals surface area (Å²) >= 11 is 0. The average Bonchev–Trinajstić information content (AvgIpc) is 3.27. The van der Waals surface area contributed by atoms with E-state index < -0.39 is 11.9 Å². The predicted molar refractivity (Wildman–Crippen MR) is 116 cm³/mol. The molecule has 5 heteroatoms. The lowest BCUT2D eigenvalue weighted by Gasteiger charge is -2.15. The maximum Gasteiger partial charge on any atom is 0.310 e. The molecule has 150 valence electrons. The highest BCUT2D eigenvalue weighted by molar-refractivity contribution is 5.82. The van der Waals surface area contributed by atoms with Crippen LogP contribution in [0.1, 0.15) is 24.0 Å². The second-order valence-electron chi connectivity index (χ2n) is 7.11. The fourth-order valence-corrected chi connectivity index (χ4v) is 3.37. The van der Waals surface area contributed by atoms with Crippen molar-refractivity contribution in [1.82, 2.24) is 10.2 Å². The van der Waals surface area contributed by atoms with E-state index in [-0.39, 0.29) is 0 Å². The van der Waals surface area contributed by atoms with Crippen LogP contribution in [0.4, 0.5) is 0 Å². The van der Waals surface area contributed by atoms with Crippen LogP contribution in [-0.4, -0.2) is 21.3 Å². The highest BCUT2D eigenvalue weighted by Gasteiger charge is 2.22. The summed E-state index contributed by atoms with van der Waals surface area (Å²) in [5.41, 5.74) is 5.22. The van der Waals surface area contributed by atoms with Crippen molar-refractivity contribution in [2.45, 2.75) is 19.4 Å². The molecule has 5 nitrogen and oxygen atoms in total. The molecule has 1 heterocycles. The van der Waals surface area contributed by atoms with Crippen molar-refractivity contribution >= 4 is 5.97 Å². The van der Waals surface area contributed by atoms with Crippen LogP contribution in [0.5, 0.6) is 5.75 Å². The topological polar surface area (TPSA) is 75.2 Å². The second kappa shape index (κ2) is 8.66. The molecule has 0 aliphatic heterocycles. The molecule has 1 atom stereocenters. The van der Waals surface area contributed by atoms with E-state index in [1.807, 2.05) is 78.9 Å². The molecule has 0 amide bonds. The van der Waals surface area contributed by atoms with E-state index in [2.05, 4.69) is 10.2 Å². The van der Waals surface area contributed by atoms with E-state index >= 15 is 0 Å². The average molecular weight is 398 g/mol. The van der Waals surface area contributed by atoms with E-state index in [0.29, 0.717) is 23.6 Å². The quantitative estimate of drug-likeness (QED) is 0.430. The smallest absolute Gasteiger partial charge is 0.310 e. The number of nitrogens with zero attached hydrogens (tertiary/aromatic N) is 1. The molecule has 2 N–H and O–H groups in total. The van der Waals surface area contributed by atoms with Crippen LogP contribution >= 0.6 is 0 Å². The number of nitrogens with one attached hydrogen (secondary N) is 1.